The van der Waals surface area contributed by atoms with Gasteiger partial charge in [0, 0.05) is 0 Å². The molecule has 0 unspecified atom stereocenters. The predicted octanol–water partition coefficient (Wildman–Crippen LogP) is 2.55. The molecule has 2 aromatic rings. The molecule has 0 radical (unpaired) electrons. The van der Waals surface area contributed by atoms with Crippen LogP contribution in [0.25, 0.3) is 0 Å². The zero-order valence-corrected chi connectivity index (χ0v) is 12.9. The highest BCUT2D eigenvalue weighted by Gasteiger charge is 2.24. The Hall–Kier alpha value is -1.70. The van der Waals surface area contributed by atoms with Crippen LogP contribution in [0.3, 0.4) is 0 Å². The summed E-state index contributed by atoms with van der Waals surface area (Å²) < 4.78 is 27.1. The Morgan fingerprint density at radius 3 is 2.48 bits per heavy atom. The minimum atomic E-state index is -3.71. The number of rotatable bonds is 6. The van der Waals surface area contributed by atoms with Crippen molar-refractivity contribution < 1.29 is 18.3 Å². The number of carbonyl (C=O) groups is 1. The number of hydrogen-bond acceptors (Lipinski definition) is 4. The summed E-state index contributed by atoms with van der Waals surface area (Å²) in [5, 5.41) is 10.7. The van der Waals surface area contributed by atoms with Gasteiger partial charge in [0.2, 0.25) is 0 Å². The molecule has 0 saturated carbocycles. The quantitative estimate of drug-likeness (QED) is 0.855. The Morgan fingerprint density at radius 2 is 1.95 bits per heavy atom. The van der Waals surface area contributed by atoms with Gasteiger partial charge in [-0.25, -0.2) is 13.1 Å². The Labute approximate surface area is 127 Å². The highest BCUT2D eigenvalue weighted by molar-refractivity contribution is 7.91. The first-order valence-electron chi connectivity index (χ1n) is 6.22. The summed E-state index contributed by atoms with van der Waals surface area (Å²) in [6.45, 7) is 1.91. The summed E-state index contributed by atoms with van der Waals surface area (Å²) in [6, 6.07) is 9.44. The normalized spacial score (nSPS) is 13.0. The van der Waals surface area contributed by atoms with E-state index in [1.165, 1.54) is 6.07 Å². The molecule has 0 saturated heterocycles. The summed E-state index contributed by atoms with van der Waals surface area (Å²) in [4.78, 5) is 11.0. The van der Waals surface area contributed by atoms with Crippen LogP contribution in [0.5, 0.6) is 0 Å². The lowest BCUT2D eigenvalue weighted by atomic mass is 10.0. The molecular weight excluding hydrogens is 310 g/mol. The maximum atomic E-state index is 12.2. The van der Waals surface area contributed by atoms with E-state index in [0.29, 0.717) is 5.56 Å². The van der Waals surface area contributed by atoms with E-state index in [0.717, 1.165) is 16.9 Å². The molecule has 2 rings (SSSR count). The fourth-order valence-electron chi connectivity index (χ4n) is 1.86. The summed E-state index contributed by atoms with van der Waals surface area (Å²) in [7, 11) is -3.71. The first kappa shape index (κ1) is 15.7. The van der Waals surface area contributed by atoms with Crippen LogP contribution in [0.2, 0.25) is 0 Å². The number of hydrogen-bond donors (Lipinski definition) is 2. The monoisotopic (exact) mass is 325 g/mol. The molecule has 0 aliphatic heterocycles. The molecule has 7 heteroatoms. The molecule has 2 N–H and O–H groups in total. The molecule has 5 nitrogen and oxygen atoms in total. The van der Waals surface area contributed by atoms with Crippen LogP contribution in [0, 0.1) is 6.92 Å². The third-order valence-electron chi connectivity index (χ3n) is 2.92. The van der Waals surface area contributed by atoms with Crippen LogP contribution < -0.4 is 4.72 Å². The van der Waals surface area contributed by atoms with E-state index in [2.05, 4.69) is 4.72 Å². The number of aryl methyl sites for hydroxylation is 1. The molecule has 0 spiro atoms. The van der Waals surface area contributed by atoms with Gasteiger partial charge < -0.3 is 5.11 Å². The molecule has 0 amide bonds. The number of aliphatic carboxylic acids is 1. The summed E-state index contributed by atoms with van der Waals surface area (Å²) in [5.74, 6) is -1.06. The number of thiophene rings is 1. The van der Waals surface area contributed by atoms with E-state index in [9.17, 15) is 13.2 Å². The fourth-order valence-corrected chi connectivity index (χ4v) is 4.10. The highest BCUT2D eigenvalue weighted by Crippen LogP contribution is 2.23. The highest BCUT2D eigenvalue weighted by atomic mass is 32.2. The average Bonchev–Trinajstić information content (AvgIpc) is 2.92. The van der Waals surface area contributed by atoms with Crippen molar-refractivity contribution in [1.29, 1.82) is 0 Å². The van der Waals surface area contributed by atoms with Crippen molar-refractivity contribution >= 4 is 27.3 Å². The van der Waals surface area contributed by atoms with E-state index >= 15 is 0 Å². The van der Waals surface area contributed by atoms with Gasteiger partial charge in [0.1, 0.15) is 4.21 Å². The van der Waals surface area contributed by atoms with Crippen molar-refractivity contribution in [2.75, 3.05) is 0 Å². The summed E-state index contributed by atoms with van der Waals surface area (Å²) in [5.41, 5.74) is 1.65. The van der Waals surface area contributed by atoms with Gasteiger partial charge in [-0.2, -0.15) is 0 Å². The van der Waals surface area contributed by atoms with E-state index < -0.39 is 22.0 Å². The second-order valence-electron chi connectivity index (χ2n) is 4.61. The van der Waals surface area contributed by atoms with Crippen LogP contribution in [0.4, 0.5) is 0 Å². The van der Waals surface area contributed by atoms with E-state index in [4.69, 9.17) is 5.11 Å². The van der Waals surface area contributed by atoms with E-state index in [-0.39, 0.29) is 10.6 Å². The minimum Gasteiger partial charge on any atom is -0.481 e. The molecule has 0 bridgehead atoms. The van der Waals surface area contributed by atoms with Crippen molar-refractivity contribution in [1.82, 2.24) is 4.72 Å². The Kier molecular flexibility index (Phi) is 4.76. The first-order valence-corrected chi connectivity index (χ1v) is 8.59. The van der Waals surface area contributed by atoms with Gasteiger partial charge >= 0.3 is 5.97 Å². The number of benzene rings is 1. The van der Waals surface area contributed by atoms with Crippen molar-refractivity contribution in [2.24, 2.45) is 0 Å². The fraction of sp³-hybridized carbons (Fsp3) is 0.214. The van der Waals surface area contributed by atoms with Gasteiger partial charge in [0.25, 0.3) is 10.0 Å². The molecule has 0 fully saturated rings. The second-order valence-corrected chi connectivity index (χ2v) is 7.50. The molecule has 112 valence electrons. The number of carboxylic acids is 1. The second kappa shape index (κ2) is 6.38. The molecule has 1 aromatic carbocycles. The van der Waals surface area contributed by atoms with Gasteiger partial charge in [-0.15, -0.1) is 11.3 Å². The predicted molar refractivity (Wildman–Crippen MR) is 80.8 cm³/mol. The van der Waals surface area contributed by atoms with Crippen LogP contribution in [-0.2, 0) is 14.8 Å². The van der Waals surface area contributed by atoms with Crippen molar-refractivity contribution in [3.63, 3.8) is 0 Å². The number of carboxylic acid groups (broad SMARTS) is 1. The maximum absolute atomic E-state index is 12.2. The average molecular weight is 325 g/mol. The van der Waals surface area contributed by atoms with E-state index in [1.54, 1.807) is 23.6 Å². The molecule has 1 heterocycles. The van der Waals surface area contributed by atoms with E-state index in [1.807, 2.05) is 19.1 Å². The standard InChI is InChI=1S/C14H15NO4S2/c1-10-4-6-11(7-5-10)12(9-13(16)17)15-21(18,19)14-3-2-8-20-14/h2-8,12,15H,9H2,1H3,(H,16,17)/t12-/m1/s1. The van der Waals surface area contributed by atoms with Crippen LogP contribution in [0.1, 0.15) is 23.6 Å². The lowest BCUT2D eigenvalue weighted by Gasteiger charge is -2.17. The minimum absolute atomic E-state index is 0.171. The topological polar surface area (TPSA) is 83.5 Å². The lowest BCUT2D eigenvalue weighted by Crippen LogP contribution is -2.29. The molecular formula is C14H15NO4S2. The molecule has 0 aliphatic carbocycles. The van der Waals surface area contributed by atoms with Crippen LogP contribution in [0.15, 0.2) is 46.0 Å². The lowest BCUT2D eigenvalue weighted by molar-refractivity contribution is -0.137. The molecule has 0 aliphatic rings. The largest absolute Gasteiger partial charge is 0.481 e. The van der Waals surface area contributed by atoms with Gasteiger partial charge in [0.15, 0.2) is 0 Å². The maximum Gasteiger partial charge on any atom is 0.305 e. The summed E-state index contributed by atoms with van der Waals surface area (Å²) >= 11 is 1.09. The SMILES string of the molecule is Cc1ccc([C@@H](CC(=O)O)NS(=O)(=O)c2cccs2)cc1. The Morgan fingerprint density at radius 1 is 1.29 bits per heavy atom. The third-order valence-corrected chi connectivity index (χ3v) is 5.78. The third kappa shape index (κ3) is 4.13. The number of nitrogens with one attached hydrogen (secondary N) is 1. The smallest absolute Gasteiger partial charge is 0.305 e. The van der Waals surface area contributed by atoms with Gasteiger partial charge in [-0.05, 0) is 23.9 Å². The van der Waals surface area contributed by atoms with Crippen LogP contribution >= 0.6 is 11.3 Å². The van der Waals surface area contributed by atoms with Crippen molar-refractivity contribution in [2.45, 2.75) is 23.6 Å². The molecule has 21 heavy (non-hydrogen) atoms. The summed E-state index contributed by atoms with van der Waals surface area (Å²) in [6.07, 6.45) is -0.312. The van der Waals surface area contributed by atoms with Gasteiger partial charge in [-0.1, -0.05) is 35.9 Å². The zero-order valence-electron chi connectivity index (χ0n) is 11.3. The molecule has 1 atom stereocenters. The Balaban J connectivity index is 2.29. The van der Waals surface area contributed by atoms with Gasteiger partial charge in [0.05, 0.1) is 12.5 Å². The first-order chi connectivity index (χ1) is 9.88. The van der Waals surface area contributed by atoms with Gasteiger partial charge in [-0.3, -0.25) is 4.79 Å². The zero-order chi connectivity index (χ0) is 15.5. The van der Waals surface area contributed by atoms with Crippen LogP contribution in [-0.4, -0.2) is 19.5 Å². The van der Waals surface area contributed by atoms with Crippen molar-refractivity contribution in [3.05, 3.63) is 52.9 Å². The van der Waals surface area contributed by atoms with Crippen molar-refractivity contribution in [3.8, 4) is 0 Å². The number of sulfonamides is 1. The molecule has 1 aromatic heterocycles. The Bertz CT molecular complexity index is 706.